The number of aromatic nitrogens is 3. The molecule has 3 rings (SSSR count). The van der Waals surface area contributed by atoms with Crippen LogP contribution in [0.4, 0.5) is 5.82 Å². The van der Waals surface area contributed by atoms with E-state index >= 15 is 0 Å². The van der Waals surface area contributed by atoms with E-state index in [-0.39, 0.29) is 0 Å². The van der Waals surface area contributed by atoms with Crippen LogP contribution < -0.4 is 9.64 Å². The zero-order valence-electron chi connectivity index (χ0n) is 14.1. The van der Waals surface area contributed by atoms with Gasteiger partial charge in [0.05, 0.1) is 18.2 Å². The Morgan fingerprint density at radius 2 is 2.21 bits per heavy atom. The van der Waals surface area contributed by atoms with E-state index in [2.05, 4.69) is 32.8 Å². The maximum atomic E-state index is 8.94. The Labute approximate surface area is 142 Å². The highest BCUT2D eigenvalue weighted by atomic mass is 16.5. The molecular formula is C18H21N5O. The van der Waals surface area contributed by atoms with Gasteiger partial charge in [-0.2, -0.15) is 5.26 Å². The molecule has 0 aliphatic carbocycles. The van der Waals surface area contributed by atoms with Crippen LogP contribution in [0.5, 0.6) is 5.88 Å². The molecule has 0 N–H and O–H groups in total. The second kappa shape index (κ2) is 7.26. The Morgan fingerprint density at radius 3 is 3.04 bits per heavy atom. The first-order valence-electron chi connectivity index (χ1n) is 8.19. The fraction of sp³-hybridized carbons (Fsp3) is 0.444. The van der Waals surface area contributed by atoms with Crippen LogP contribution >= 0.6 is 0 Å². The summed E-state index contributed by atoms with van der Waals surface area (Å²) in [6, 6.07) is 5.46. The average molecular weight is 323 g/mol. The van der Waals surface area contributed by atoms with E-state index in [4.69, 9.17) is 10.00 Å². The van der Waals surface area contributed by atoms with E-state index in [1.165, 1.54) is 0 Å². The number of aryl methyl sites for hydroxylation is 1. The molecule has 0 aromatic carbocycles. The van der Waals surface area contributed by atoms with Crippen molar-refractivity contribution in [2.75, 3.05) is 24.6 Å². The second-order valence-corrected chi connectivity index (χ2v) is 6.17. The predicted molar refractivity (Wildman–Crippen MR) is 90.9 cm³/mol. The molecule has 0 radical (unpaired) electrons. The first kappa shape index (κ1) is 16.2. The van der Waals surface area contributed by atoms with Crippen LogP contribution in [0.15, 0.2) is 24.7 Å². The van der Waals surface area contributed by atoms with Crippen molar-refractivity contribution in [3.8, 4) is 11.9 Å². The summed E-state index contributed by atoms with van der Waals surface area (Å²) < 4.78 is 5.80. The van der Waals surface area contributed by atoms with Gasteiger partial charge < -0.3 is 9.64 Å². The molecule has 1 atom stereocenters. The van der Waals surface area contributed by atoms with E-state index in [0.717, 1.165) is 43.0 Å². The smallest absolute Gasteiger partial charge is 0.214 e. The van der Waals surface area contributed by atoms with Crippen LogP contribution in [-0.2, 0) is 0 Å². The topological polar surface area (TPSA) is 74.9 Å². The summed E-state index contributed by atoms with van der Waals surface area (Å²) in [5.74, 6) is 1.96. The number of rotatable bonds is 4. The van der Waals surface area contributed by atoms with Crippen LogP contribution in [0.2, 0.25) is 0 Å². The van der Waals surface area contributed by atoms with Gasteiger partial charge in [0, 0.05) is 42.5 Å². The molecule has 3 heterocycles. The summed E-state index contributed by atoms with van der Waals surface area (Å²) in [4.78, 5) is 15.2. The Morgan fingerprint density at radius 1 is 1.33 bits per heavy atom. The van der Waals surface area contributed by atoms with Crippen molar-refractivity contribution >= 4 is 5.82 Å². The summed E-state index contributed by atoms with van der Waals surface area (Å²) in [6.07, 6.45) is 5.48. The number of nitriles is 1. The molecule has 1 unspecified atom stereocenters. The lowest BCUT2D eigenvalue weighted by Gasteiger charge is -2.34. The van der Waals surface area contributed by atoms with Crippen LogP contribution in [0, 0.1) is 31.1 Å². The van der Waals surface area contributed by atoms with Crippen molar-refractivity contribution in [2.45, 2.75) is 26.7 Å². The van der Waals surface area contributed by atoms with E-state index in [1.54, 1.807) is 24.7 Å². The molecule has 2 aromatic heterocycles. The molecule has 6 heteroatoms. The van der Waals surface area contributed by atoms with Crippen molar-refractivity contribution in [1.82, 2.24) is 15.0 Å². The highest BCUT2D eigenvalue weighted by molar-refractivity contribution is 5.47. The summed E-state index contributed by atoms with van der Waals surface area (Å²) in [5.41, 5.74) is 2.73. The lowest BCUT2D eigenvalue weighted by Crippen LogP contribution is -2.38. The molecule has 0 saturated carbocycles. The van der Waals surface area contributed by atoms with Gasteiger partial charge in [-0.05, 0) is 32.8 Å². The van der Waals surface area contributed by atoms with E-state index in [0.29, 0.717) is 24.0 Å². The Bertz CT molecular complexity index is 755. The standard InChI is InChI=1S/C18H21N5O/c1-13-14(2)21-12-22-18(13)23-7-3-4-16(10-23)11-24-17-8-15(9-19)5-6-20-17/h5-6,8,12,16H,3-4,7,10-11H2,1-2H3. The molecule has 1 saturated heterocycles. The zero-order valence-corrected chi connectivity index (χ0v) is 14.1. The normalized spacial score (nSPS) is 17.4. The molecule has 124 valence electrons. The third kappa shape index (κ3) is 3.62. The van der Waals surface area contributed by atoms with Gasteiger partial charge in [-0.1, -0.05) is 0 Å². The quantitative estimate of drug-likeness (QED) is 0.861. The third-order valence-electron chi connectivity index (χ3n) is 4.46. The van der Waals surface area contributed by atoms with Gasteiger partial charge in [0.15, 0.2) is 0 Å². The fourth-order valence-electron chi connectivity index (χ4n) is 3.00. The Balaban J connectivity index is 1.63. The third-order valence-corrected chi connectivity index (χ3v) is 4.46. The highest BCUT2D eigenvalue weighted by Crippen LogP contribution is 2.25. The first-order chi connectivity index (χ1) is 11.7. The Kier molecular flexibility index (Phi) is 4.90. The van der Waals surface area contributed by atoms with Crippen molar-refractivity contribution in [2.24, 2.45) is 5.92 Å². The summed E-state index contributed by atoms with van der Waals surface area (Å²) >= 11 is 0. The molecule has 0 bridgehead atoms. The number of hydrogen-bond donors (Lipinski definition) is 0. The van der Waals surface area contributed by atoms with Gasteiger partial charge in [0.1, 0.15) is 12.1 Å². The molecule has 0 spiro atoms. The maximum absolute atomic E-state index is 8.94. The first-order valence-corrected chi connectivity index (χ1v) is 8.19. The number of piperidine rings is 1. The molecule has 0 amide bonds. The van der Waals surface area contributed by atoms with Crippen molar-refractivity contribution in [3.05, 3.63) is 41.5 Å². The predicted octanol–water partition coefficient (Wildman–Crippen LogP) is 2.66. The number of nitrogens with zero attached hydrogens (tertiary/aromatic N) is 5. The summed E-state index contributed by atoms with van der Waals surface area (Å²) in [6.45, 7) is 6.60. The maximum Gasteiger partial charge on any atom is 0.214 e. The van der Waals surface area contributed by atoms with E-state index in [1.807, 2.05) is 6.92 Å². The monoisotopic (exact) mass is 323 g/mol. The average Bonchev–Trinajstić information content (AvgIpc) is 2.63. The molecule has 1 aliphatic rings. The minimum absolute atomic E-state index is 0.418. The number of ether oxygens (including phenoxy) is 1. The lowest BCUT2D eigenvalue weighted by molar-refractivity contribution is 0.221. The number of hydrogen-bond acceptors (Lipinski definition) is 6. The molecular weight excluding hydrogens is 302 g/mol. The SMILES string of the molecule is Cc1ncnc(N2CCCC(COc3cc(C#N)ccn3)C2)c1C. The summed E-state index contributed by atoms with van der Waals surface area (Å²) in [7, 11) is 0. The van der Waals surface area contributed by atoms with Crippen molar-refractivity contribution in [3.63, 3.8) is 0 Å². The van der Waals surface area contributed by atoms with Gasteiger partial charge in [0.25, 0.3) is 0 Å². The lowest BCUT2D eigenvalue weighted by atomic mass is 9.98. The van der Waals surface area contributed by atoms with Crippen molar-refractivity contribution in [1.29, 1.82) is 5.26 Å². The van der Waals surface area contributed by atoms with Crippen LogP contribution in [-0.4, -0.2) is 34.6 Å². The minimum atomic E-state index is 0.418. The highest BCUT2D eigenvalue weighted by Gasteiger charge is 2.23. The largest absolute Gasteiger partial charge is 0.477 e. The zero-order chi connectivity index (χ0) is 16.9. The van der Waals surface area contributed by atoms with Gasteiger partial charge >= 0.3 is 0 Å². The number of anilines is 1. The molecule has 1 fully saturated rings. The second-order valence-electron chi connectivity index (χ2n) is 6.17. The molecule has 2 aromatic rings. The Hall–Kier alpha value is -2.68. The number of pyridine rings is 1. The van der Waals surface area contributed by atoms with Gasteiger partial charge in [-0.3, -0.25) is 0 Å². The fourth-order valence-corrected chi connectivity index (χ4v) is 3.00. The molecule has 6 nitrogen and oxygen atoms in total. The van der Waals surface area contributed by atoms with Crippen LogP contribution in [0.1, 0.15) is 29.7 Å². The molecule has 24 heavy (non-hydrogen) atoms. The minimum Gasteiger partial charge on any atom is -0.477 e. The van der Waals surface area contributed by atoms with Gasteiger partial charge in [-0.25, -0.2) is 15.0 Å². The van der Waals surface area contributed by atoms with Crippen LogP contribution in [0.3, 0.4) is 0 Å². The van der Waals surface area contributed by atoms with Gasteiger partial charge in [-0.15, -0.1) is 0 Å². The van der Waals surface area contributed by atoms with E-state index in [9.17, 15) is 0 Å². The van der Waals surface area contributed by atoms with E-state index < -0.39 is 0 Å². The summed E-state index contributed by atoms with van der Waals surface area (Å²) in [5, 5.41) is 8.94. The molecule has 1 aliphatic heterocycles. The van der Waals surface area contributed by atoms with Crippen LogP contribution in [0.25, 0.3) is 0 Å². The van der Waals surface area contributed by atoms with Crippen molar-refractivity contribution < 1.29 is 4.74 Å². The van der Waals surface area contributed by atoms with Gasteiger partial charge in [0.2, 0.25) is 5.88 Å².